The third kappa shape index (κ3) is 1.82. The zero-order valence-electron chi connectivity index (χ0n) is 7.26. The van der Waals surface area contributed by atoms with Gasteiger partial charge in [-0.25, -0.2) is 0 Å². The number of carbonyl (C=O) groups excluding carboxylic acids is 1. The first-order valence-electron chi connectivity index (χ1n) is 4.13. The van der Waals surface area contributed by atoms with Gasteiger partial charge in [-0.2, -0.15) is 0 Å². The number of carbonyl (C=O) groups is 1. The topological polar surface area (TPSA) is 20.1 Å². The number of rotatable bonds is 3. The first-order chi connectivity index (χ1) is 5.16. The minimum atomic E-state index is 0.128. The maximum atomic E-state index is 11.2. The van der Waals surface area contributed by atoms with E-state index in [0.29, 0.717) is 11.6 Å². The lowest BCUT2D eigenvalue weighted by atomic mass is 10.2. The summed E-state index contributed by atoms with van der Waals surface area (Å²) in [7, 11) is 0. The van der Waals surface area contributed by atoms with Crippen LogP contribution in [-0.4, -0.2) is 23.4 Å². The van der Waals surface area contributed by atoms with Crippen LogP contribution in [0.4, 0.5) is 0 Å². The molecule has 0 spiro atoms. The Bertz CT molecular complexity index is 186. The molecule has 1 aliphatic heterocycles. The Kier molecular flexibility index (Phi) is 2.32. The van der Waals surface area contributed by atoms with Crippen molar-refractivity contribution in [2.75, 3.05) is 6.54 Å². The van der Waals surface area contributed by atoms with E-state index in [1.54, 1.807) is 6.92 Å². The van der Waals surface area contributed by atoms with Gasteiger partial charge in [0, 0.05) is 18.2 Å². The van der Waals surface area contributed by atoms with Gasteiger partial charge in [-0.05, 0) is 13.3 Å². The molecular weight excluding hydrogens is 138 g/mol. The molecule has 11 heavy (non-hydrogen) atoms. The van der Waals surface area contributed by atoms with Gasteiger partial charge in [0.2, 0.25) is 5.91 Å². The van der Waals surface area contributed by atoms with Gasteiger partial charge < -0.3 is 4.90 Å². The molecule has 1 saturated heterocycles. The van der Waals surface area contributed by atoms with Crippen LogP contribution in [0.25, 0.3) is 0 Å². The number of hydrogen-bond donors (Lipinski definition) is 0. The van der Waals surface area contributed by atoms with E-state index >= 15 is 0 Å². The van der Waals surface area contributed by atoms with E-state index in [4.69, 9.17) is 0 Å². The molecule has 1 fully saturated rings. The van der Waals surface area contributed by atoms with Crippen LogP contribution in [0.5, 0.6) is 0 Å². The van der Waals surface area contributed by atoms with Gasteiger partial charge in [-0.3, -0.25) is 4.79 Å². The normalized spacial score (nSPS) is 21.6. The summed E-state index contributed by atoms with van der Waals surface area (Å²) in [6.45, 7) is 8.47. The molecule has 2 nitrogen and oxygen atoms in total. The fraction of sp³-hybridized carbons (Fsp3) is 0.667. The summed E-state index contributed by atoms with van der Waals surface area (Å²) in [4.78, 5) is 13.1. The molecule has 0 N–H and O–H groups in total. The van der Waals surface area contributed by atoms with Gasteiger partial charge in [0.05, 0.1) is 0 Å². The SMILES string of the molecule is C=C(C)C(=O)N1CC1CCC. The van der Waals surface area contributed by atoms with Crippen molar-refractivity contribution < 1.29 is 4.79 Å². The highest BCUT2D eigenvalue weighted by Gasteiger charge is 2.36. The lowest BCUT2D eigenvalue weighted by Crippen LogP contribution is -2.13. The van der Waals surface area contributed by atoms with Crippen molar-refractivity contribution in [3.63, 3.8) is 0 Å². The molecule has 1 heterocycles. The standard InChI is InChI=1S/C9H15NO/c1-4-5-8-6-10(8)9(11)7(2)3/h8H,2,4-6H2,1,3H3. The number of nitrogens with zero attached hydrogens (tertiary/aromatic N) is 1. The summed E-state index contributed by atoms with van der Waals surface area (Å²) in [5.74, 6) is 0.128. The van der Waals surface area contributed by atoms with Crippen LogP contribution in [0.15, 0.2) is 12.2 Å². The van der Waals surface area contributed by atoms with Crippen LogP contribution in [0.2, 0.25) is 0 Å². The van der Waals surface area contributed by atoms with Gasteiger partial charge >= 0.3 is 0 Å². The molecule has 0 aromatic carbocycles. The predicted octanol–water partition coefficient (Wildman–Crippen LogP) is 1.57. The van der Waals surface area contributed by atoms with E-state index in [0.717, 1.165) is 19.4 Å². The van der Waals surface area contributed by atoms with E-state index in [2.05, 4.69) is 13.5 Å². The number of amides is 1. The molecular formula is C9H15NO. The Balaban J connectivity index is 2.32. The Morgan fingerprint density at radius 2 is 2.36 bits per heavy atom. The molecule has 0 radical (unpaired) electrons. The summed E-state index contributed by atoms with van der Waals surface area (Å²) in [6, 6.07) is 0.518. The minimum absolute atomic E-state index is 0.128. The van der Waals surface area contributed by atoms with Crippen LogP contribution in [0.3, 0.4) is 0 Å². The van der Waals surface area contributed by atoms with Gasteiger partial charge in [0.15, 0.2) is 0 Å². The lowest BCUT2D eigenvalue weighted by Gasteiger charge is -2.01. The second-order valence-electron chi connectivity index (χ2n) is 3.18. The van der Waals surface area contributed by atoms with Crippen LogP contribution in [0.1, 0.15) is 26.7 Å². The maximum absolute atomic E-state index is 11.2. The van der Waals surface area contributed by atoms with Crippen molar-refractivity contribution in [1.82, 2.24) is 4.90 Å². The van der Waals surface area contributed by atoms with E-state index in [1.165, 1.54) is 0 Å². The summed E-state index contributed by atoms with van der Waals surface area (Å²) < 4.78 is 0. The van der Waals surface area contributed by atoms with Crippen molar-refractivity contribution in [3.05, 3.63) is 12.2 Å². The molecule has 0 aliphatic carbocycles. The monoisotopic (exact) mass is 153 g/mol. The van der Waals surface area contributed by atoms with Gasteiger partial charge in [-0.15, -0.1) is 0 Å². The largest absolute Gasteiger partial charge is 0.332 e. The summed E-state index contributed by atoms with van der Waals surface area (Å²) >= 11 is 0. The Morgan fingerprint density at radius 1 is 1.73 bits per heavy atom. The molecule has 0 bridgehead atoms. The van der Waals surface area contributed by atoms with E-state index < -0.39 is 0 Å². The molecule has 1 unspecified atom stereocenters. The highest BCUT2D eigenvalue weighted by molar-refractivity contribution is 5.94. The third-order valence-electron chi connectivity index (χ3n) is 1.96. The minimum Gasteiger partial charge on any atom is -0.332 e. The summed E-state index contributed by atoms with van der Waals surface area (Å²) in [6.07, 6.45) is 2.30. The molecule has 1 atom stereocenters. The van der Waals surface area contributed by atoms with Gasteiger partial charge in [0.1, 0.15) is 0 Å². The number of hydrogen-bond acceptors (Lipinski definition) is 1. The lowest BCUT2D eigenvalue weighted by molar-refractivity contribution is -0.122. The fourth-order valence-electron chi connectivity index (χ4n) is 1.25. The van der Waals surface area contributed by atoms with Gasteiger partial charge in [-0.1, -0.05) is 19.9 Å². The smallest absolute Gasteiger partial charge is 0.249 e. The Labute approximate surface area is 67.9 Å². The summed E-state index contributed by atoms with van der Waals surface area (Å²) in [5, 5.41) is 0. The second-order valence-corrected chi connectivity index (χ2v) is 3.18. The zero-order chi connectivity index (χ0) is 8.43. The highest BCUT2D eigenvalue weighted by Crippen LogP contribution is 2.23. The molecule has 0 saturated carbocycles. The predicted molar refractivity (Wildman–Crippen MR) is 45.2 cm³/mol. The molecule has 0 aromatic rings. The molecule has 2 heteroatoms. The molecule has 1 amide bonds. The van der Waals surface area contributed by atoms with Crippen LogP contribution in [-0.2, 0) is 4.79 Å². The highest BCUT2D eigenvalue weighted by atomic mass is 16.2. The summed E-state index contributed by atoms with van der Waals surface area (Å²) in [5.41, 5.74) is 0.656. The Morgan fingerprint density at radius 3 is 2.82 bits per heavy atom. The van der Waals surface area contributed by atoms with Crippen molar-refractivity contribution in [2.45, 2.75) is 32.7 Å². The average Bonchev–Trinajstić information content (AvgIpc) is 2.67. The first kappa shape index (κ1) is 8.31. The van der Waals surface area contributed by atoms with Crippen molar-refractivity contribution in [1.29, 1.82) is 0 Å². The Hall–Kier alpha value is -0.790. The van der Waals surface area contributed by atoms with Crippen molar-refractivity contribution in [2.24, 2.45) is 0 Å². The van der Waals surface area contributed by atoms with Crippen molar-refractivity contribution in [3.8, 4) is 0 Å². The van der Waals surface area contributed by atoms with Crippen LogP contribution >= 0.6 is 0 Å². The quantitative estimate of drug-likeness (QED) is 0.445. The van der Waals surface area contributed by atoms with E-state index in [9.17, 15) is 4.79 Å². The zero-order valence-corrected chi connectivity index (χ0v) is 7.26. The fourth-order valence-corrected chi connectivity index (χ4v) is 1.25. The van der Waals surface area contributed by atoms with Crippen LogP contribution in [0, 0.1) is 0 Å². The van der Waals surface area contributed by atoms with E-state index in [-0.39, 0.29) is 5.91 Å². The molecule has 1 aliphatic rings. The van der Waals surface area contributed by atoms with Gasteiger partial charge in [0.25, 0.3) is 0 Å². The molecule has 1 rings (SSSR count). The van der Waals surface area contributed by atoms with Crippen LogP contribution < -0.4 is 0 Å². The first-order valence-corrected chi connectivity index (χ1v) is 4.13. The third-order valence-corrected chi connectivity index (χ3v) is 1.96. The second kappa shape index (κ2) is 3.07. The molecule has 0 aromatic heterocycles. The average molecular weight is 153 g/mol. The van der Waals surface area contributed by atoms with Crippen molar-refractivity contribution >= 4 is 5.91 Å². The van der Waals surface area contributed by atoms with E-state index in [1.807, 2.05) is 4.90 Å². The molecule has 62 valence electrons. The maximum Gasteiger partial charge on any atom is 0.249 e.